The summed E-state index contributed by atoms with van der Waals surface area (Å²) in [5.74, 6) is 0.0906. The molecule has 0 aliphatic heterocycles. The summed E-state index contributed by atoms with van der Waals surface area (Å²) in [6.45, 7) is 4.49. The summed E-state index contributed by atoms with van der Waals surface area (Å²) in [4.78, 5) is 32.5. The van der Waals surface area contributed by atoms with Crippen molar-refractivity contribution in [2.75, 3.05) is 33.7 Å². The van der Waals surface area contributed by atoms with E-state index in [1.807, 2.05) is 56.6 Å². The van der Waals surface area contributed by atoms with Crippen LogP contribution in [-0.4, -0.2) is 54.3 Å². The molecule has 0 radical (unpaired) electrons. The molecule has 1 aromatic heterocycles. The minimum Gasteiger partial charge on any atom is -0.329 e. The fourth-order valence-corrected chi connectivity index (χ4v) is 3.94. The molecule has 0 fully saturated rings. The minimum absolute atomic E-state index is 0.0906. The van der Waals surface area contributed by atoms with Crippen molar-refractivity contribution in [2.45, 2.75) is 19.4 Å². The van der Waals surface area contributed by atoms with E-state index >= 15 is 0 Å². The molecular weight excluding hydrogens is 398 g/mol. The first-order chi connectivity index (χ1) is 14.4. The van der Waals surface area contributed by atoms with Crippen molar-refractivity contribution >= 4 is 28.2 Å². The number of carbonyl (C=O) groups is 1. The van der Waals surface area contributed by atoms with Crippen LogP contribution in [0.15, 0.2) is 59.5 Å². The van der Waals surface area contributed by atoms with Gasteiger partial charge in [0.1, 0.15) is 0 Å². The molecule has 5 nitrogen and oxygen atoms in total. The van der Waals surface area contributed by atoms with Gasteiger partial charge in [-0.25, -0.2) is 0 Å². The molecular formula is C24H28ClN3O2. The van der Waals surface area contributed by atoms with E-state index in [0.29, 0.717) is 10.4 Å². The number of aromatic nitrogens is 1. The molecule has 0 saturated heterocycles. The Morgan fingerprint density at radius 3 is 2.50 bits per heavy atom. The Labute approximate surface area is 182 Å². The number of nitrogens with zero attached hydrogens (tertiary/aromatic N) is 2. The molecule has 158 valence electrons. The van der Waals surface area contributed by atoms with Crippen LogP contribution in [0.5, 0.6) is 0 Å². The van der Waals surface area contributed by atoms with E-state index in [1.54, 1.807) is 12.3 Å². The number of aromatic amines is 1. The van der Waals surface area contributed by atoms with Crippen molar-refractivity contribution in [1.82, 2.24) is 14.8 Å². The molecule has 0 saturated carbocycles. The summed E-state index contributed by atoms with van der Waals surface area (Å²) < 4.78 is 0. The van der Waals surface area contributed by atoms with Crippen molar-refractivity contribution in [3.05, 3.63) is 81.2 Å². The van der Waals surface area contributed by atoms with E-state index in [9.17, 15) is 9.59 Å². The summed E-state index contributed by atoms with van der Waals surface area (Å²) in [6.07, 6.45) is 1.82. The zero-order chi connectivity index (χ0) is 21.7. The van der Waals surface area contributed by atoms with Crippen LogP contribution in [0.4, 0.5) is 0 Å². The molecule has 1 N–H and O–H groups in total. The third kappa shape index (κ3) is 5.17. The van der Waals surface area contributed by atoms with Gasteiger partial charge in [0, 0.05) is 36.1 Å². The SMILES string of the molecule is CCN(CCN(C)C)C(C(=O)Cc1cc2cc[nH]c(=O)c2cc1Cl)c1ccccc1. The lowest BCUT2D eigenvalue weighted by atomic mass is 9.95. The van der Waals surface area contributed by atoms with Crippen LogP contribution in [-0.2, 0) is 11.2 Å². The average Bonchev–Trinajstić information content (AvgIpc) is 2.72. The standard InChI is InChI=1S/C24H28ClN3O2/c1-4-28(13-12-27(2)3)23(17-8-6-5-7-9-17)22(29)15-19-14-18-10-11-26-24(30)20(18)16-21(19)25/h5-11,14,16,23H,4,12-13,15H2,1-3H3,(H,26,30). The van der Waals surface area contributed by atoms with Gasteiger partial charge >= 0.3 is 0 Å². The maximum absolute atomic E-state index is 13.5. The largest absolute Gasteiger partial charge is 0.329 e. The van der Waals surface area contributed by atoms with Crippen molar-refractivity contribution in [1.29, 1.82) is 0 Å². The van der Waals surface area contributed by atoms with Crippen molar-refractivity contribution < 1.29 is 4.79 Å². The van der Waals surface area contributed by atoms with Crippen molar-refractivity contribution in [3.63, 3.8) is 0 Å². The van der Waals surface area contributed by atoms with Gasteiger partial charge in [-0.15, -0.1) is 0 Å². The number of nitrogens with one attached hydrogen (secondary N) is 1. The van der Waals surface area contributed by atoms with Gasteiger partial charge < -0.3 is 9.88 Å². The van der Waals surface area contributed by atoms with Crippen LogP contribution in [0.2, 0.25) is 5.02 Å². The minimum atomic E-state index is -0.345. The lowest BCUT2D eigenvalue weighted by molar-refractivity contribution is -0.124. The van der Waals surface area contributed by atoms with Gasteiger partial charge in [0.15, 0.2) is 5.78 Å². The quantitative estimate of drug-likeness (QED) is 0.564. The number of pyridine rings is 1. The molecule has 30 heavy (non-hydrogen) atoms. The first-order valence-corrected chi connectivity index (χ1v) is 10.5. The third-order valence-electron chi connectivity index (χ3n) is 5.33. The number of hydrogen-bond donors (Lipinski definition) is 1. The number of H-pyrrole nitrogens is 1. The molecule has 0 amide bonds. The number of likely N-dealkylation sites (N-methyl/N-ethyl adjacent to an activating group) is 2. The Morgan fingerprint density at radius 1 is 1.10 bits per heavy atom. The fraction of sp³-hybridized carbons (Fsp3) is 0.333. The smallest absolute Gasteiger partial charge is 0.255 e. The summed E-state index contributed by atoms with van der Waals surface area (Å²) in [7, 11) is 4.06. The molecule has 0 aliphatic rings. The highest BCUT2D eigenvalue weighted by Crippen LogP contribution is 2.27. The fourth-order valence-electron chi connectivity index (χ4n) is 3.71. The Balaban J connectivity index is 1.94. The highest BCUT2D eigenvalue weighted by Gasteiger charge is 2.27. The lowest BCUT2D eigenvalue weighted by Crippen LogP contribution is -2.39. The first kappa shape index (κ1) is 22.2. The number of ketones is 1. The van der Waals surface area contributed by atoms with Gasteiger partial charge in [-0.05, 0) is 55.4 Å². The number of hydrogen-bond acceptors (Lipinski definition) is 4. The molecule has 3 rings (SSSR count). The number of rotatable bonds is 9. The van der Waals surface area contributed by atoms with Gasteiger partial charge in [0.25, 0.3) is 5.56 Å². The average molecular weight is 426 g/mol. The topological polar surface area (TPSA) is 56.4 Å². The van der Waals surface area contributed by atoms with Gasteiger partial charge in [-0.2, -0.15) is 0 Å². The molecule has 2 aromatic carbocycles. The van der Waals surface area contributed by atoms with E-state index in [-0.39, 0.29) is 23.8 Å². The molecule has 0 aliphatic carbocycles. The van der Waals surface area contributed by atoms with Gasteiger partial charge in [-0.3, -0.25) is 14.5 Å². The molecule has 0 bridgehead atoms. The van der Waals surface area contributed by atoms with E-state index in [1.165, 1.54) is 0 Å². The second kappa shape index (κ2) is 10.0. The van der Waals surface area contributed by atoms with Gasteiger partial charge in [0.05, 0.1) is 6.04 Å². The predicted molar refractivity (Wildman–Crippen MR) is 123 cm³/mol. The number of carbonyl (C=O) groups excluding carboxylic acids is 1. The van der Waals surface area contributed by atoms with Crippen LogP contribution >= 0.6 is 11.6 Å². The summed E-state index contributed by atoms with van der Waals surface area (Å²) >= 11 is 6.46. The first-order valence-electron chi connectivity index (χ1n) is 10.2. The molecule has 1 atom stereocenters. The maximum Gasteiger partial charge on any atom is 0.255 e. The Bertz CT molecular complexity index is 1060. The highest BCUT2D eigenvalue weighted by molar-refractivity contribution is 6.32. The van der Waals surface area contributed by atoms with Crippen molar-refractivity contribution in [2.24, 2.45) is 0 Å². The van der Waals surface area contributed by atoms with E-state index in [0.717, 1.165) is 36.1 Å². The van der Waals surface area contributed by atoms with Crippen LogP contribution in [0.1, 0.15) is 24.1 Å². The Hall–Kier alpha value is -2.47. The molecule has 1 heterocycles. The zero-order valence-corrected chi connectivity index (χ0v) is 18.4. The number of Topliss-reactive ketones (excluding diaryl/α,β-unsaturated/α-hetero) is 1. The summed E-state index contributed by atoms with van der Waals surface area (Å²) in [5, 5.41) is 1.75. The predicted octanol–water partition coefficient (Wildman–Crippen LogP) is 3.92. The number of fused-ring (bicyclic) bond motifs is 1. The van der Waals surface area contributed by atoms with Gasteiger partial charge in [-0.1, -0.05) is 48.9 Å². The van der Waals surface area contributed by atoms with Crippen LogP contribution < -0.4 is 5.56 Å². The third-order valence-corrected chi connectivity index (χ3v) is 5.68. The Kier molecular flexibility index (Phi) is 7.43. The number of benzene rings is 2. The summed E-state index contributed by atoms with van der Waals surface area (Å²) in [5.41, 5.74) is 1.54. The van der Waals surface area contributed by atoms with E-state index in [4.69, 9.17) is 11.6 Å². The van der Waals surface area contributed by atoms with Crippen molar-refractivity contribution in [3.8, 4) is 0 Å². The van der Waals surface area contributed by atoms with E-state index in [2.05, 4.69) is 21.7 Å². The molecule has 6 heteroatoms. The summed E-state index contributed by atoms with van der Waals surface area (Å²) in [6, 6.07) is 14.9. The molecule has 3 aromatic rings. The maximum atomic E-state index is 13.5. The van der Waals surface area contributed by atoms with Crippen LogP contribution in [0.25, 0.3) is 10.8 Å². The van der Waals surface area contributed by atoms with E-state index < -0.39 is 0 Å². The monoisotopic (exact) mass is 425 g/mol. The Morgan fingerprint density at radius 2 is 1.83 bits per heavy atom. The second-order valence-corrected chi connectivity index (χ2v) is 8.13. The molecule has 0 spiro atoms. The van der Waals surface area contributed by atoms with Crippen LogP contribution in [0.3, 0.4) is 0 Å². The molecule has 1 unspecified atom stereocenters. The van der Waals surface area contributed by atoms with Gasteiger partial charge in [0.2, 0.25) is 0 Å². The zero-order valence-electron chi connectivity index (χ0n) is 17.7. The number of halogens is 1. The highest BCUT2D eigenvalue weighted by atomic mass is 35.5. The van der Waals surface area contributed by atoms with Crippen LogP contribution in [0, 0.1) is 0 Å². The normalized spacial score (nSPS) is 12.6. The lowest BCUT2D eigenvalue weighted by Gasteiger charge is -2.31. The second-order valence-electron chi connectivity index (χ2n) is 7.73.